The Bertz CT molecular complexity index is 623. The van der Waals surface area contributed by atoms with E-state index in [1.807, 2.05) is 0 Å². The van der Waals surface area contributed by atoms with E-state index in [0.29, 0.717) is 13.1 Å². The Hall–Kier alpha value is -1.58. The van der Waals surface area contributed by atoms with Crippen LogP contribution in [0.3, 0.4) is 0 Å². The highest BCUT2D eigenvalue weighted by Crippen LogP contribution is 2.20. The maximum absolute atomic E-state index is 13.7. The summed E-state index contributed by atoms with van der Waals surface area (Å²) >= 11 is 0. The second-order valence-electron chi connectivity index (χ2n) is 4.52. The number of nitrogens with zero attached hydrogens (tertiary/aromatic N) is 2. The molecule has 1 aromatic heterocycles. The fourth-order valence-corrected chi connectivity index (χ4v) is 3.73. The summed E-state index contributed by atoms with van der Waals surface area (Å²) in [6.07, 6.45) is 1.21. The van der Waals surface area contributed by atoms with Gasteiger partial charge in [0, 0.05) is 32.4 Å². The van der Waals surface area contributed by atoms with Gasteiger partial charge in [-0.1, -0.05) is 0 Å². The number of sulfonamides is 1. The molecule has 0 aliphatic carbocycles. The van der Waals surface area contributed by atoms with Crippen molar-refractivity contribution in [3.05, 3.63) is 24.1 Å². The molecule has 0 aromatic carbocycles. The standard InChI is InChI=1S/C12H17FN4O3S/c1-2-15-11(18)10-8-14-6-7-17(10)21(19,20)12-9(13)4-3-5-16-12/h3-5,10,14H,2,6-8H2,1H3,(H,15,18). The van der Waals surface area contributed by atoms with Gasteiger partial charge in [-0.05, 0) is 19.1 Å². The molecule has 0 saturated carbocycles. The lowest BCUT2D eigenvalue weighted by molar-refractivity contribution is -0.125. The number of carbonyl (C=O) groups is 1. The SMILES string of the molecule is CCNC(=O)C1CNCCN1S(=O)(=O)c1ncccc1F. The van der Waals surface area contributed by atoms with Crippen LogP contribution in [0, 0.1) is 5.82 Å². The van der Waals surface area contributed by atoms with Crippen LogP contribution in [0.2, 0.25) is 0 Å². The van der Waals surface area contributed by atoms with Gasteiger partial charge in [0.05, 0.1) is 0 Å². The summed E-state index contributed by atoms with van der Waals surface area (Å²) < 4.78 is 39.8. The Morgan fingerprint density at radius 3 is 3.05 bits per heavy atom. The van der Waals surface area contributed by atoms with Crippen LogP contribution in [0.4, 0.5) is 4.39 Å². The van der Waals surface area contributed by atoms with Gasteiger partial charge < -0.3 is 10.6 Å². The number of pyridine rings is 1. The number of halogens is 1. The summed E-state index contributed by atoms with van der Waals surface area (Å²) in [6, 6.07) is 1.43. The molecule has 1 fully saturated rings. The summed E-state index contributed by atoms with van der Waals surface area (Å²) in [7, 11) is -4.16. The minimum absolute atomic E-state index is 0.0835. The number of carbonyl (C=O) groups excluding carboxylic acids is 1. The lowest BCUT2D eigenvalue weighted by atomic mass is 10.2. The summed E-state index contributed by atoms with van der Waals surface area (Å²) in [4.78, 5) is 15.6. The fraction of sp³-hybridized carbons (Fsp3) is 0.500. The van der Waals surface area contributed by atoms with Crippen molar-refractivity contribution in [2.24, 2.45) is 0 Å². The number of hydrogen-bond acceptors (Lipinski definition) is 5. The van der Waals surface area contributed by atoms with Gasteiger partial charge in [-0.15, -0.1) is 0 Å². The molecular weight excluding hydrogens is 299 g/mol. The van der Waals surface area contributed by atoms with Crippen molar-refractivity contribution in [2.45, 2.75) is 18.0 Å². The summed E-state index contributed by atoms with van der Waals surface area (Å²) in [6.45, 7) is 2.79. The largest absolute Gasteiger partial charge is 0.355 e. The van der Waals surface area contributed by atoms with E-state index >= 15 is 0 Å². The average Bonchev–Trinajstić information content (AvgIpc) is 2.48. The smallest absolute Gasteiger partial charge is 0.264 e. The first-order chi connectivity index (χ1) is 9.98. The van der Waals surface area contributed by atoms with E-state index in [1.165, 1.54) is 12.3 Å². The molecule has 2 N–H and O–H groups in total. The van der Waals surface area contributed by atoms with E-state index in [2.05, 4.69) is 15.6 Å². The Morgan fingerprint density at radius 2 is 2.38 bits per heavy atom. The topological polar surface area (TPSA) is 91.4 Å². The molecule has 1 aliphatic rings. The molecule has 9 heteroatoms. The van der Waals surface area contributed by atoms with Crippen LogP contribution >= 0.6 is 0 Å². The summed E-state index contributed by atoms with van der Waals surface area (Å²) in [5.74, 6) is -1.34. The van der Waals surface area contributed by atoms with Crippen LogP contribution in [0.1, 0.15) is 6.92 Å². The van der Waals surface area contributed by atoms with Gasteiger partial charge in [0.15, 0.2) is 5.82 Å². The molecule has 1 amide bonds. The van der Waals surface area contributed by atoms with Crippen molar-refractivity contribution in [1.82, 2.24) is 19.9 Å². The number of likely N-dealkylation sites (N-methyl/N-ethyl adjacent to an activating group) is 1. The highest BCUT2D eigenvalue weighted by molar-refractivity contribution is 7.89. The molecule has 0 bridgehead atoms. The molecule has 21 heavy (non-hydrogen) atoms. The number of rotatable bonds is 4. The maximum Gasteiger partial charge on any atom is 0.264 e. The highest BCUT2D eigenvalue weighted by atomic mass is 32.2. The molecule has 1 saturated heterocycles. The van der Waals surface area contributed by atoms with Crippen LogP contribution < -0.4 is 10.6 Å². The van der Waals surface area contributed by atoms with Crippen molar-refractivity contribution in [2.75, 3.05) is 26.2 Å². The van der Waals surface area contributed by atoms with Gasteiger partial charge in [0.2, 0.25) is 10.9 Å². The molecule has 2 rings (SSSR count). The predicted octanol–water partition coefficient (Wildman–Crippen LogP) is -0.681. The van der Waals surface area contributed by atoms with Gasteiger partial charge in [0.1, 0.15) is 6.04 Å². The number of nitrogens with one attached hydrogen (secondary N) is 2. The monoisotopic (exact) mass is 316 g/mol. The summed E-state index contributed by atoms with van der Waals surface area (Å²) in [5.41, 5.74) is 0. The van der Waals surface area contributed by atoms with E-state index in [9.17, 15) is 17.6 Å². The fourth-order valence-electron chi connectivity index (χ4n) is 2.16. The lowest BCUT2D eigenvalue weighted by Gasteiger charge is -2.33. The molecular formula is C12H17FN4O3S. The van der Waals surface area contributed by atoms with Gasteiger partial charge in [-0.2, -0.15) is 4.31 Å². The third kappa shape index (κ3) is 3.20. The lowest BCUT2D eigenvalue weighted by Crippen LogP contribution is -2.59. The van der Waals surface area contributed by atoms with Crippen molar-refractivity contribution < 1.29 is 17.6 Å². The Kier molecular flexibility index (Phi) is 4.86. The first kappa shape index (κ1) is 15.8. The van der Waals surface area contributed by atoms with Crippen LogP contribution in [-0.2, 0) is 14.8 Å². The number of piperazine rings is 1. The molecule has 1 atom stereocenters. The molecule has 7 nitrogen and oxygen atoms in total. The number of aromatic nitrogens is 1. The van der Waals surface area contributed by atoms with Crippen LogP contribution in [0.25, 0.3) is 0 Å². The van der Waals surface area contributed by atoms with E-state index in [4.69, 9.17) is 0 Å². The van der Waals surface area contributed by atoms with Gasteiger partial charge >= 0.3 is 0 Å². The zero-order valence-electron chi connectivity index (χ0n) is 11.5. The van der Waals surface area contributed by atoms with Gasteiger partial charge in [0.25, 0.3) is 10.0 Å². The minimum atomic E-state index is -4.16. The maximum atomic E-state index is 13.7. The van der Waals surface area contributed by atoms with Crippen molar-refractivity contribution in [3.63, 3.8) is 0 Å². The highest BCUT2D eigenvalue weighted by Gasteiger charge is 2.39. The molecule has 0 spiro atoms. The van der Waals surface area contributed by atoms with E-state index in [-0.39, 0.29) is 13.1 Å². The molecule has 1 aliphatic heterocycles. The number of hydrogen-bond donors (Lipinski definition) is 2. The zero-order valence-corrected chi connectivity index (χ0v) is 12.4. The normalized spacial score (nSPS) is 20.2. The molecule has 2 heterocycles. The van der Waals surface area contributed by atoms with Crippen LogP contribution in [-0.4, -0.2) is 55.8 Å². The van der Waals surface area contributed by atoms with Gasteiger partial charge in [-0.25, -0.2) is 17.8 Å². The second kappa shape index (κ2) is 6.46. The van der Waals surface area contributed by atoms with Crippen molar-refractivity contribution >= 4 is 15.9 Å². The predicted molar refractivity (Wildman–Crippen MR) is 73.4 cm³/mol. The quantitative estimate of drug-likeness (QED) is 0.768. The van der Waals surface area contributed by atoms with Crippen molar-refractivity contribution in [3.8, 4) is 0 Å². The second-order valence-corrected chi connectivity index (χ2v) is 6.33. The third-order valence-electron chi connectivity index (χ3n) is 3.13. The van der Waals surface area contributed by atoms with Crippen molar-refractivity contribution in [1.29, 1.82) is 0 Å². The first-order valence-corrected chi connectivity index (χ1v) is 8.03. The van der Waals surface area contributed by atoms with Gasteiger partial charge in [-0.3, -0.25) is 4.79 Å². The Balaban J connectivity index is 2.36. The van der Waals surface area contributed by atoms with E-state index in [1.54, 1.807) is 6.92 Å². The Morgan fingerprint density at radius 1 is 1.62 bits per heavy atom. The first-order valence-electron chi connectivity index (χ1n) is 6.59. The van der Waals surface area contributed by atoms with Crippen LogP contribution in [0.15, 0.2) is 23.4 Å². The molecule has 1 aromatic rings. The van der Waals surface area contributed by atoms with E-state index < -0.39 is 32.8 Å². The van der Waals surface area contributed by atoms with Crippen LogP contribution in [0.5, 0.6) is 0 Å². The minimum Gasteiger partial charge on any atom is -0.355 e. The zero-order chi connectivity index (χ0) is 15.5. The molecule has 1 unspecified atom stereocenters. The molecule has 116 valence electrons. The molecule has 0 radical (unpaired) electrons. The van der Waals surface area contributed by atoms with E-state index in [0.717, 1.165) is 10.4 Å². The number of amides is 1. The third-order valence-corrected chi connectivity index (χ3v) is 4.97. The summed E-state index contributed by atoms with van der Waals surface area (Å²) in [5, 5.41) is 4.89. The average molecular weight is 316 g/mol. The Labute approximate surface area is 122 Å².